The SMILES string of the molecule is Cc1ccc2cc(Cn3nc(C)c(C)c(C#N)c3=O)c(Cl)nc2c1C. The first-order valence-electron chi connectivity index (χ1n) is 7.87. The number of hydrogen-bond acceptors (Lipinski definition) is 4. The van der Waals surface area contributed by atoms with E-state index in [1.807, 2.05) is 38.1 Å². The van der Waals surface area contributed by atoms with Crippen LogP contribution in [0.1, 0.15) is 33.5 Å². The Kier molecular flexibility index (Phi) is 4.32. The number of nitrogens with zero attached hydrogens (tertiary/aromatic N) is 4. The molecule has 0 unspecified atom stereocenters. The van der Waals surface area contributed by atoms with Gasteiger partial charge in [0.15, 0.2) is 0 Å². The van der Waals surface area contributed by atoms with Crippen LogP contribution in [0.25, 0.3) is 10.9 Å². The molecule has 0 amide bonds. The highest BCUT2D eigenvalue weighted by molar-refractivity contribution is 6.30. The second kappa shape index (κ2) is 6.30. The van der Waals surface area contributed by atoms with Gasteiger partial charge in [-0.15, -0.1) is 0 Å². The number of halogens is 1. The predicted octanol–water partition coefficient (Wildman–Crippen LogP) is 3.60. The van der Waals surface area contributed by atoms with E-state index >= 15 is 0 Å². The Labute approximate surface area is 150 Å². The van der Waals surface area contributed by atoms with Crippen molar-refractivity contribution >= 4 is 22.5 Å². The molecule has 3 aromatic rings. The highest BCUT2D eigenvalue weighted by Gasteiger charge is 2.14. The summed E-state index contributed by atoms with van der Waals surface area (Å²) >= 11 is 6.36. The smallest absolute Gasteiger partial charge is 0.266 e. The van der Waals surface area contributed by atoms with Gasteiger partial charge in [0.1, 0.15) is 16.8 Å². The number of aryl methyl sites for hydroxylation is 3. The van der Waals surface area contributed by atoms with E-state index < -0.39 is 5.56 Å². The van der Waals surface area contributed by atoms with Gasteiger partial charge in [-0.25, -0.2) is 9.67 Å². The maximum absolute atomic E-state index is 12.5. The number of rotatable bonds is 2. The number of benzene rings is 1. The third kappa shape index (κ3) is 2.90. The predicted molar refractivity (Wildman–Crippen MR) is 98.0 cm³/mol. The summed E-state index contributed by atoms with van der Waals surface area (Å²) in [5.41, 5.74) is 4.73. The van der Waals surface area contributed by atoms with Gasteiger partial charge in [-0.05, 0) is 50.5 Å². The molecule has 2 heterocycles. The molecule has 0 aliphatic carbocycles. The van der Waals surface area contributed by atoms with Crippen molar-refractivity contribution in [1.82, 2.24) is 14.8 Å². The normalized spacial score (nSPS) is 10.9. The molecule has 2 aromatic heterocycles. The zero-order valence-electron chi connectivity index (χ0n) is 14.5. The summed E-state index contributed by atoms with van der Waals surface area (Å²) in [6.45, 7) is 7.71. The summed E-state index contributed by atoms with van der Waals surface area (Å²) < 4.78 is 1.27. The lowest BCUT2D eigenvalue weighted by Gasteiger charge is -2.12. The zero-order chi connectivity index (χ0) is 18.3. The van der Waals surface area contributed by atoms with Crippen molar-refractivity contribution in [2.75, 3.05) is 0 Å². The van der Waals surface area contributed by atoms with Crippen LogP contribution < -0.4 is 5.56 Å². The van der Waals surface area contributed by atoms with Crippen molar-refractivity contribution in [3.05, 3.63) is 67.2 Å². The van der Waals surface area contributed by atoms with Crippen LogP contribution in [0.2, 0.25) is 5.15 Å². The monoisotopic (exact) mass is 352 g/mol. The Morgan fingerprint density at radius 2 is 1.92 bits per heavy atom. The molecule has 0 spiro atoms. The molecular weight excluding hydrogens is 336 g/mol. The molecule has 5 nitrogen and oxygen atoms in total. The molecule has 0 N–H and O–H groups in total. The van der Waals surface area contributed by atoms with E-state index in [2.05, 4.69) is 10.1 Å². The average Bonchev–Trinajstić information content (AvgIpc) is 2.58. The third-order valence-electron chi connectivity index (χ3n) is 4.61. The molecule has 0 radical (unpaired) electrons. The van der Waals surface area contributed by atoms with Crippen molar-refractivity contribution in [1.29, 1.82) is 5.26 Å². The number of aromatic nitrogens is 3. The van der Waals surface area contributed by atoms with Crippen LogP contribution in [0.3, 0.4) is 0 Å². The molecule has 0 saturated heterocycles. The first-order valence-corrected chi connectivity index (χ1v) is 8.25. The van der Waals surface area contributed by atoms with Gasteiger partial charge in [0.05, 0.1) is 17.8 Å². The minimum atomic E-state index is -0.415. The lowest BCUT2D eigenvalue weighted by atomic mass is 10.0. The summed E-state index contributed by atoms with van der Waals surface area (Å²) in [5.74, 6) is 0. The lowest BCUT2D eigenvalue weighted by molar-refractivity contribution is 0.622. The first-order chi connectivity index (χ1) is 11.8. The molecule has 1 aromatic carbocycles. The standard InChI is InChI=1S/C19H17ClN4O/c1-10-5-6-14-7-15(18(20)22-17(14)11(10)2)9-24-19(25)16(8-21)12(3)13(4)23-24/h5-7H,9H2,1-4H3. The molecule has 0 bridgehead atoms. The number of fused-ring (bicyclic) bond motifs is 1. The summed E-state index contributed by atoms with van der Waals surface area (Å²) in [6.07, 6.45) is 0. The van der Waals surface area contributed by atoms with E-state index in [-0.39, 0.29) is 12.1 Å². The van der Waals surface area contributed by atoms with Crippen molar-refractivity contribution < 1.29 is 0 Å². The van der Waals surface area contributed by atoms with Gasteiger partial charge < -0.3 is 0 Å². The topological polar surface area (TPSA) is 71.6 Å². The molecule has 0 fully saturated rings. The number of nitriles is 1. The largest absolute Gasteiger partial charge is 0.285 e. The fraction of sp³-hybridized carbons (Fsp3) is 0.263. The van der Waals surface area contributed by atoms with Crippen LogP contribution in [0.15, 0.2) is 23.0 Å². The van der Waals surface area contributed by atoms with E-state index in [9.17, 15) is 10.1 Å². The zero-order valence-corrected chi connectivity index (χ0v) is 15.3. The van der Waals surface area contributed by atoms with Crippen LogP contribution in [-0.4, -0.2) is 14.8 Å². The fourth-order valence-corrected chi connectivity index (χ4v) is 2.99. The highest BCUT2D eigenvalue weighted by atomic mass is 35.5. The number of pyridine rings is 1. The van der Waals surface area contributed by atoms with Gasteiger partial charge in [0, 0.05) is 10.9 Å². The Morgan fingerprint density at radius 1 is 1.20 bits per heavy atom. The van der Waals surface area contributed by atoms with Gasteiger partial charge in [0.25, 0.3) is 5.56 Å². The minimum absolute atomic E-state index is 0.115. The van der Waals surface area contributed by atoms with E-state index in [4.69, 9.17) is 11.6 Å². The average molecular weight is 353 g/mol. The third-order valence-corrected chi connectivity index (χ3v) is 4.93. The van der Waals surface area contributed by atoms with E-state index in [1.165, 1.54) is 4.68 Å². The fourth-order valence-electron chi connectivity index (χ4n) is 2.79. The van der Waals surface area contributed by atoms with Gasteiger partial charge in [-0.3, -0.25) is 4.79 Å². The van der Waals surface area contributed by atoms with Crippen molar-refractivity contribution in [3.8, 4) is 6.07 Å². The van der Waals surface area contributed by atoms with Crippen molar-refractivity contribution in [2.45, 2.75) is 34.2 Å². The molecule has 0 aliphatic heterocycles. The Bertz CT molecular complexity index is 1110. The Hall–Kier alpha value is -2.71. The molecule has 6 heteroatoms. The van der Waals surface area contributed by atoms with E-state index in [0.717, 1.165) is 22.0 Å². The van der Waals surface area contributed by atoms with Gasteiger partial charge in [-0.1, -0.05) is 23.7 Å². The van der Waals surface area contributed by atoms with Crippen LogP contribution >= 0.6 is 11.6 Å². The molecule has 25 heavy (non-hydrogen) atoms. The van der Waals surface area contributed by atoms with Crippen molar-refractivity contribution in [2.24, 2.45) is 0 Å². The van der Waals surface area contributed by atoms with Crippen LogP contribution in [0, 0.1) is 39.0 Å². The Morgan fingerprint density at radius 3 is 2.60 bits per heavy atom. The molecule has 0 aliphatic rings. The number of hydrogen-bond donors (Lipinski definition) is 0. The maximum Gasteiger partial charge on any atom is 0.285 e. The van der Waals surface area contributed by atoms with Crippen LogP contribution in [0.5, 0.6) is 0 Å². The quantitative estimate of drug-likeness (QED) is 0.660. The molecule has 0 saturated carbocycles. The van der Waals surface area contributed by atoms with Gasteiger partial charge in [0.2, 0.25) is 0 Å². The van der Waals surface area contributed by atoms with Gasteiger partial charge >= 0.3 is 0 Å². The highest BCUT2D eigenvalue weighted by Crippen LogP contribution is 2.25. The van der Waals surface area contributed by atoms with Crippen molar-refractivity contribution in [3.63, 3.8) is 0 Å². The molecule has 3 rings (SSSR count). The van der Waals surface area contributed by atoms with E-state index in [1.54, 1.807) is 13.8 Å². The summed E-state index contributed by atoms with van der Waals surface area (Å²) in [4.78, 5) is 17.0. The van der Waals surface area contributed by atoms with Crippen LogP contribution in [0.4, 0.5) is 0 Å². The summed E-state index contributed by atoms with van der Waals surface area (Å²) in [6, 6.07) is 7.91. The summed E-state index contributed by atoms with van der Waals surface area (Å²) in [5, 5.41) is 14.8. The minimum Gasteiger partial charge on any atom is -0.266 e. The van der Waals surface area contributed by atoms with Crippen LogP contribution in [-0.2, 0) is 6.54 Å². The summed E-state index contributed by atoms with van der Waals surface area (Å²) in [7, 11) is 0. The maximum atomic E-state index is 12.5. The van der Waals surface area contributed by atoms with Gasteiger partial charge in [-0.2, -0.15) is 10.4 Å². The second-order valence-corrected chi connectivity index (χ2v) is 6.54. The molecule has 126 valence electrons. The Balaban J connectivity index is 2.15. The molecule has 0 atom stereocenters. The first kappa shape index (κ1) is 17.1. The second-order valence-electron chi connectivity index (χ2n) is 6.18. The van der Waals surface area contributed by atoms with E-state index in [0.29, 0.717) is 22.0 Å². The molecular formula is C19H17ClN4O. The lowest BCUT2D eigenvalue weighted by Crippen LogP contribution is -2.28.